The SMILES string of the molecule is COCCn1c(SCC(=O)NCc2ccccc2)nc(C)c1C. The molecule has 0 radical (unpaired) electrons. The predicted octanol–water partition coefficient (Wildman–Crippen LogP) is 2.55. The van der Waals surface area contributed by atoms with E-state index in [4.69, 9.17) is 4.74 Å². The summed E-state index contributed by atoms with van der Waals surface area (Å²) in [5.41, 5.74) is 3.21. The molecule has 0 aliphatic carbocycles. The van der Waals surface area contributed by atoms with Crippen LogP contribution in [-0.4, -0.2) is 34.9 Å². The molecule has 0 saturated carbocycles. The summed E-state index contributed by atoms with van der Waals surface area (Å²) in [5, 5.41) is 3.80. The molecule has 0 aliphatic rings. The van der Waals surface area contributed by atoms with Gasteiger partial charge in [0.1, 0.15) is 0 Å². The van der Waals surface area contributed by atoms with Crippen LogP contribution in [0.4, 0.5) is 0 Å². The molecule has 1 aromatic heterocycles. The number of methoxy groups -OCH3 is 1. The molecule has 23 heavy (non-hydrogen) atoms. The van der Waals surface area contributed by atoms with Gasteiger partial charge < -0.3 is 14.6 Å². The van der Waals surface area contributed by atoms with Crippen LogP contribution in [0.1, 0.15) is 17.0 Å². The first-order valence-electron chi connectivity index (χ1n) is 7.58. The average Bonchev–Trinajstić information content (AvgIpc) is 2.84. The maximum Gasteiger partial charge on any atom is 0.230 e. The summed E-state index contributed by atoms with van der Waals surface area (Å²) < 4.78 is 7.25. The fourth-order valence-corrected chi connectivity index (χ4v) is 3.11. The third kappa shape index (κ3) is 5.11. The van der Waals surface area contributed by atoms with Gasteiger partial charge in [-0.2, -0.15) is 0 Å². The lowest BCUT2D eigenvalue weighted by Gasteiger charge is -2.09. The lowest BCUT2D eigenvalue weighted by molar-refractivity contribution is -0.118. The van der Waals surface area contributed by atoms with Crippen LogP contribution < -0.4 is 5.32 Å². The van der Waals surface area contributed by atoms with Crippen molar-refractivity contribution in [1.29, 1.82) is 0 Å². The molecule has 0 bridgehead atoms. The van der Waals surface area contributed by atoms with E-state index >= 15 is 0 Å². The second-order valence-corrected chi connectivity index (χ2v) is 6.20. The van der Waals surface area contributed by atoms with Gasteiger partial charge in [-0.05, 0) is 19.4 Å². The van der Waals surface area contributed by atoms with E-state index in [-0.39, 0.29) is 5.91 Å². The van der Waals surface area contributed by atoms with E-state index in [1.165, 1.54) is 11.8 Å². The zero-order valence-electron chi connectivity index (χ0n) is 13.8. The zero-order valence-corrected chi connectivity index (χ0v) is 14.7. The third-order valence-corrected chi connectivity index (χ3v) is 4.58. The molecule has 124 valence electrons. The molecule has 0 aliphatic heterocycles. The summed E-state index contributed by atoms with van der Waals surface area (Å²) in [5.74, 6) is 0.367. The number of rotatable bonds is 8. The van der Waals surface area contributed by atoms with Crippen LogP contribution in [0.15, 0.2) is 35.5 Å². The van der Waals surface area contributed by atoms with E-state index in [2.05, 4.69) is 14.9 Å². The normalized spacial score (nSPS) is 10.7. The van der Waals surface area contributed by atoms with Gasteiger partial charge in [0.2, 0.25) is 5.91 Å². The quantitative estimate of drug-likeness (QED) is 0.754. The molecule has 0 fully saturated rings. The van der Waals surface area contributed by atoms with Gasteiger partial charge in [-0.15, -0.1) is 0 Å². The molecule has 2 rings (SSSR count). The first-order valence-corrected chi connectivity index (χ1v) is 8.56. The second kappa shape index (κ2) is 8.74. The molecule has 0 unspecified atom stereocenters. The van der Waals surface area contributed by atoms with Gasteiger partial charge in [-0.25, -0.2) is 4.98 Å². The highest BCUT2D eigenvalue weighted by molar-refractivity contribution is 7.99. The standard InChI is InChI=1S/C17H23N3O2S/c1-13-14(2)20(9-10-22-3)17(19-13)23-12-16(21)18-11-15-7-5-4-6-8-15/h4-8H,9-12H2,1-3H3,(H,18,21). The number of amides is 1. The van der Waals surface area contributed by atoms with Gasteiger partial charge >= 0.3 is 0 Å². The Morgan fingerprint density at radius 3 is 2.74 bits per heavy atom. The van der Waals surface area contributed by atoms with Crippen molar-refractivity contribution < 1.29 is 9.53 Å². The first-order chi connectivity index (χ1) is 11.1. The zero-order chi connectivity index (χ0) is 16.7. The number of benzene rings is 1. The van der Waals surface area contributed by atoms with Crippen LogP contribution in [0.5, 0.6) is 0 Å². The highest BCUT2D eigenvalue weighted by atomic mass is 32.2. The van der Waals surface area contributed by atoms with Crippen molar-refractivity contribution in [2.24, 2.45) is 0 Å². The second-order valence-electron chi connectivity index (χ2n) is 5.26. The van der Waals surface area contributed by atoms with Gasteiger partial charge in [0.15, 0.2) is 5.16 Å². The summed E-state index contributed by atoms with van der Waals surface area (Å²) in [7, 11) is 1.68. The lowest BCUT2D eigenvalue weighted by Crippen LogP contribution is -2.24. The number of aromatic nitrogens is 2. The smallest absolute Gasteiger partial charge is 0.230 e. The Kier molecular flexibility index (Phi) is 6.67. The Morgan fingerprint density at radius 1 is 1.30 bits per heavy atom. The molecular weight excluding hydrogens is 310 g/mol. The van der Waals surface area contributed by atoms with Crippen molar-refractivity contribution in [1.82, 2.24) is 14.9 Å². The molecule has 1 N–H and O–H groups in total. The summed E-state index contributed by atoms with van der Waals surface area (Å²) in [6, 6.07) is 9.89. The van der Waals surface area contributed by atoms with Gasteiger partial charge in [0, 0.05) is 25.9 Å². The Balaban J connectivity index is 1.87. The van der Waals surface area contributed by atoms with Crippen LogP contribution in [0.2, 0.25) is 0 Å². The summed E-state index contributed by atoms with van der Waals surface area (Å²) in [6.45, 7) is 5.95. The summed E-state index contributed by atoms with van der Waals surface area (Å²) in [6.07, 6.45) is 0. The van der Waals surface area contributed by atoms with Gasteiger partial charge in [-0.3, -0.25) is 4.79 Å². The molecule has 1 aromatic carbocycles. The van der Waals surface area contributed by atoms with Crippen LogP contribution in [-0.2, 0) is 22.6 Å². The molecule has 0 atom stereocenters. The van der Waals surface area contributed by atoms with E-state index in [1.54, 1.807) is 7.11 Å². The van der Waals surface area contributed by atoms with Crippen molar-refractivity contribution in [2.75, 3.05) is 19.5 Å². The molecule has 1 amide bonds. The molecule has 5 nitrogen and oxygen atoms in total. The fraction of sp³-hybridized carbons (Fsp3) is 0.412. The van der Waals surface area contributed by atoms with Crippen LogP contribution in [0, 0.1) is 13.8 Å². The van der Waals surface area contributed by atoms with E-state index in [0.29, 0.717) is 18.9 Å². The van der Waals surface area contributed by atoms with Crippen LogP contribution in [0.3, 0.4) is 0 Å². The van der Waals surface area contributed by atoms with Gasteiger partial charge in [-0.1, -0.05) is 42.1 Å². The minimum Gasteiger partial charge on any atom is -0.383 e. The molecule has 2 aromatic rings. The lowest BCUT2D eigenvalue weighted by atomic mass is 10.2. The molecule has 0 spiro atoms. The number of thioether (sulfide) groups is 1. The molecule has 0 saturated heterocycles. The fourth-order valence-electron chi connectivity index (χ4n) is 2.16. The van der Waals surface area contributed by atoms with Gasteiger partial charge in [0.25, 0.3) is 0 Å². The van der Waals surface area contributed by atoms with Crippen molar-refractivity contribution >= 4 is 17.7 Å². The Morgan fingerprint density at radius 2 is 2.04 bits per heavy atom. The maximum atomic E-state index is 12.0. The van der Waals surface area contributed by atoms with E-state index in [0.717, 1.165) is 28.7 Å². The Bertz CT molecular complexity index is 641. The van der Waals surface area contributed by atoms with Crippen molar-refractivity contribution in [3.8, 4) is 0 Å². The number of carbonyl (C=O) groups is 1. The summed E-state index contributed by atoms with van der Waals surface area (Å²) in [4.78, 5) is 16.6. The van der Waals surface area contributed by atoms with E-state index < -0.39 is 0 Å². The van der Waals surface area contributed by atoms with Crippen molar-refractivity contribution in [3.05, 3.63) is 47.3 Å². The minimum atomic E-state index is 0.00968. The number of nitrogens with zero attached hydrogens (tertiary/aromatic N) is 2. The number of hydrogen-bond donors (Lipinski definition) is 1. The van der Waals surface area contributed by atoms with Crippen molar-refractivity contribution in [3.63, 3.8) is 0 Å². The van der Waals surface area contributed by atoms with Crippen LogP contribution >= 0.6 is 11.8 Å². The topological polar surface area (TPSA) is 56.1 Å². The highest BCUT2D eigenvalue weighted by Gasteiger charge is 2.13. The van der Waals surface area contributed by atoms with Crippen LogP contribution in [0.25, 0.3) is 0 Å². The predicted molar refractivity (Wildman–Crippen MR) is 92.6 cm³/mol. The Hall–Kier alpha value is -1.79. The number of aryl methyl sites for hydroxylation is 1. The minimum absolute atomic E-state index is 0.00968. The number of imidazole rings is 1. The third-order valence-electron chi connectivity index (χ3n) is 3.61. The number of carbonyl (C=O) groups excluding carboxylic acids is 1. The monoisotopic (exact) mass is 333 g/mol. The average molecular weight is 333 g/mol. The van der Waals surface area contributed by atoms with E-state index in [1.807, 2.05) is 44.2 Å². The Labute approximate surface area is 141 Å². The first kappa shape index (κ1) is 17.6. The number of ether oxygens (including phenoxy) is 1. The summed E-state index contributed by atoms with van der Waals surface area (Å²) >= 11 is 1.46. The molecule has 6 heteroatoms. The highest BCUT2D eigenvalue weighted by Crippen LogP contribution is 2.20. The molecular formula is C17H23N3O2S. The number of nitrogens with one attached hydrogen (secondary N) is 1. The number of hydrogen-bond acceptors (Lipinski definition) is 4. The van der Waals surface area contributed by atoms with Crippen molar-refractivity contribution in [2.45, 2.75) is 32.1 Å². The van der Waals surface area contributed by atoms with E-state index in [9.17, 15) is 4.79 Å². The van der Waals surface area contributed by atoms with Gasteiger partial charge in [0.05, 0.1) is 18.1 Å². The molecule has 1 heterocycles. The largest absolute Gasteiger partial charge is 0.383 e. The maximum absolute atomic E-state index is 12.0.